The first-order valence-electron chi connectivity index (χ1n) is 10.3. The zero-order valence-electron chi connectivity index (χ0n) is 17.9. The molecule has 7 heteroatoms. The van der Waals surface area contributed by atoms with Gasteiger partial charge in [-0.2, -0.15) is 0 Å². The van der Waals surface area contributed by atoms with E-state index in [1.54, 1.807) is 12.3 Å². The summed E-state index contributed by atoms with van der Waals surface area (Å²) in [5.74, 6) is 0.0860. The van der Waals surface area contributed by atoms with Crippen molar-refractivity contribution in [2.45, 2.75) is 25.9 Å². The normalized spacial score (nSPS) is 18.3. The molecule has 0 unspecified atom stereocenters. The van der Waals surface area contributed by atoms with Crippen LogP contribution >= 0.6 is 12.2 Å². The van der Waals surface area contributed by atoms with Crippen LogP contribution in [0.2, 0.25) is 0 Å². The molecule has 2 aromatic heterocycles. The number of carbonyl (C=O) groups is 1. The number of thiocarbonyl (C=S) groups is 1. The minimum Gasteiger partial charge on any atom is -0.465 e. The molecule has 0 saturated carbocycles. The van der Waals surface area contributed by atoms with Crippen LogP contribution in [0.4, 0.5) is 0 Å². The van der Waals surface area contributed by atoms with E-state index in [1.807, 2.05) is 48.7 Å². The monoisotopic (exact) mass is 434 g/mol. The second-order valence-corrected chi connectivity index (χ2v) is 8.40. The Bertz CT molecular complexity index is 1080. The van der Waals surface area contributed by atoms with Crippen molar-refractivity contribution in [3.05, 3.63) is 83.9 Å². The van der Waals surface area contributed by atoms with Crippen LogP contribution in [0.5, 0.6) is 0 Å². The number of nitrogens with one attached hydrogen (secondary N) is 1. The van der Waals surface area contributed by atoms with Gasteiger partial charge in [0.2, 0.25) is 0 Å². The van der Waals surface area contributed by atoms with Gasteiger partial charge in [-0.3, -0.25) is 4.98 Å². The van der Waals surface area contributed by atoms with Crippen molar-refractivity contribution in [3.8, 4) is 5.69 Å². The molecule has 1 aliphatic rings. The lowest BCUT2D eigenvalue weighted by molar-refractivity contribution is 0.0600. The van der Waals surface area contributed by atoms with Crippen molar-refractivity contribution in [3.63, 3.8) is 0 Å². The Hall–Kier alpha value is -3.19. The maximum absolute atomic E-state index is 12.1. The summed E-state index contributed by atoms with van der Waals surface area (Å²) in [4.78, 5) is 18.9. The third-order valence-corrected chi connectivity index (χ3v) is 5.74. The first kappa shape index (κ1) is 21.1. The number of benzene rings is 1. The van der Waals surface area contributed by atoms with Gasteiger partial charge in [-0.1, -0.05) is 26.0 Å². The van der Waals surface area contributed by atoms with E-state index in [-0.39, 0.29) is 18.1 Å². The molecule has 1 saturated heterocycles. The van der Waals surface area contributed by atoms with E-state index < -0.39 is 0 Å². The van der Waals surface area contributed by atoms with Crippen LogP contribution in [0.3, 0.4) is 0 Å². The van der Waals surface area contributed by atoms with Crippen molar-refractivity contribution in [2.75, 3.05) is 13.7 Å². The molecule has 1 fully saturated rings. The van der Waals surface area contributed by atoms with E-state index in [9.17, 15) is 4.79 Å². The number of ether oxygens (including phenoxy) is 1. The maximum atomic E-state index is 12.1. The maximum Gasteiger partial charge on any atom is 0.337 e. The quantitative estimate of drug-likeness (QED) is 0.461. The first-order valence-corrected chi connectivity index (χ1v) is 10.7. The number of methoxy groups -OCH3 is 1. The molecule has 4 rings (SSSR count). The summed E-state index contributed by atoms with van der Waals surface area (Å²) in [6, 6.07) is 17.4. The second-order valence-electron chi connectivity index (χ2n) is 8.02. The molecule has 0 radical (unpaired) electrons. The molecule has 3 heterocycles. The Morgan fingerprint density at radius 1 is 1.19 bits per heavy atom. The predicted octanol–water partition coefficient (Wildman–Crippen LogP) is 4.29. The average molecular weight is 435 g/mol. The average Bonchev–Trinajstić information content (AvgIpc) is 3.38. The van der Waals surface area contributed by atoms with E-state index in [1.165, 1.54) is 7.11 Å². The minimum atomic E-state index is -0.355. The molecule has 31 heavy (non-hydrogen) atoms. The van der Waals surface area contributed by atoms with Crippen molar-refractivity contribution in [2.24, 2.45) is 5.92 Å². The number of rotatable bonds is 6. The van der Waals surface area contributed by atoms with E-state index >= 15 is 0 Å². The molecule has 2 atom stereocenters. The van der Waals surface area contributed by atoms with Crippen LogP contribution in [0, 0.1) is 5.92 Å². The second kappa shape index (κ2) is 8.89. The number of aromatic nitrogens is 2. The Balaban J connectivity index is 1.80. The zero-order valence-corrected chi connectivity index (χ0v) is 18.7. The highest BCUT2D eigenvalue weighted by Crippen LogP contribution is 2.39. The zero-order chi connectivity index (χ0) is 22.0. The summed E-state index contributed by atoms with van der Waals surface area (Å²) in [6.45, 7) is 5.20. The van der Waals surface area contributed by atoms with Gasteiger partial charge < -0.3 is 19.5 Å². The summed E-state index contributed by atoms with van der Waals surface area (Å²) >= 11 is 5.73. The summed E-state index contributed by atoms with van der Waals surface area (Å²) in [5.41, 5.74) is 3.42. The summed E-state index contributed by atoms with van der Waals surface area (Å²) in [7, 11) is 1.39. The third-order valence-electron chi connectivity index (χ3n) is 5.39. The number of hydrogen-bond donors (Lipinski definition) is 1. The summed E-state index contributed by atoms with van der Waals surface area (Å²) in [5, 5.41) is 4.22. The first-order chi connectivity index (χ1) is 15.0. The lowest BCUT2D eigenvalue weighted by Gasteiger charge is -2.30. The Morgan fingerprint density at radius 2 is 2.03 bits per heavy atom. The number of hydrogen-bond acceptors (Lipinski definition) is 4. The van der Waals surface area contributed by atoms with Crippen molar-refractivity contribution < 1.29 is 9.53 Å². The van der Waals surface area contributed by atoms with Gasteiger partial charge in [-0.05, 0) is 60.6 Å². The molecular formula is C24H26N4O2S. The van der Waals surface area contributed by atoms with E-state index in [0.29, 0.717) is 11.5 Å². The fourth-order valence-electron chi connectivity index (χ4n) is 4.09. The summed E-state index contributed by atoms with van der Waals surface area (Å²) < 4.78 is 7.00. The molecule has 0 amide bonds. The van der Waals surface area contributed by atoms with Gasteiger partial charge in [0.15, 0.2) is 5.11 Å². The fourth-order valence-corrected chi connectivity index (χ4v) is 4.40. The highest BCUT2D eigenvalue weighted by atomic mass is 32.1. The van der Waals surface area contributed by atoms with Crippen molar-refractivity contribution in [1.82, 2.24) is 19.8 Å². The van der Waals surface area contributed by atoms with Crippen LogP contribution in [-0.2, 0) is 4.74 Å². The van der Waals surface area contributed by atoms with Gasteiger partial charge in [0, 0.05) is 30.3 Å². The highest BCUT2D eigenvalue weighted by Gasteiger charge is 2.41. The lowest BCUT2D eigenvalue weighted by atomic mass is 10.0. The Morgan fingerprint density at radius 3 is 2.74 bits per heavy atom. The molecule has 3 aromatic rings. The smallest absolute Gasteiger partial charge is 0.337 e. The van der Waals surface area contributed by atoms with Gasteiger partial charge in [-0.25, -0.2) is 4.79 Å². The number of carbonyl (C=O) groups excluding carboxylic acids is 1. The molecule has 1 aromatic carbocycles. The predicted molar refractivity (Wildman–Crippen MR) is 124 cm³/mol. The van der Waals surface area contributed by atoms with Gasteiger partial charge in [0.25, 0.3) is 0 Å². The van der Waals surface area contributed by atoms with Gasteiger partial charge >= 0.3 is 5.97 Å². The number of esters is 1. The van der Waals surface area contributed by atoms with E-state index in [4.69, 9.17) is 17.0 Å². The third kappa shape index (κ3) is 4.18. The van der Waals surface area contributed by atoms with E-state index in [2.05, 4.69) is 39.7 Å². The van der Waals surface area contributed by atoms with Gasteiger partial charge in [-0.15, -0.1) is 0 Å². The van der Waals surface area contributed by atoms with E-state index in [0.717, 1.165) is 28.7 Å². The number of pyridine rings is 1. The van der Waals surface area contributed by atoms with Gasteiger partial charge in [0.1, 0.15) is 0 Å². The van der Waals surface area contributed by atoms with Crippen LogP contribution in [-0.4, -0.2) is 39.2 Å². The fraction of sp³-hybridized carbons (Fsp3) is 0.292. The van der Waals surface area contributed by atoms with Crippen molar-refractivity contribution in [1.29, 1.82) is 0 Å². The number of nitrogens with zero attached hydrogens (tertiary/aromatic N) is 3. The van der Waals surface area contributed by atoms with Crippen LogP contribution in [0.1, 0.15) is 47.7 Å². The molecule has 6 nitrogen and oxygen atoms in total. The standard InChI is InChI=1S/C24H26N4O2S/c1-16(2)15-28-22(21(26-24(28)31)19-10-4-5-12-25-19)20-11-7-13-27(20)18-9-6-8-17(14-18)23(29)30-3/h4-14,16,21-22H,15H2,1-3H3,(H,26,31)/t21-,22-/m1/s1. The SMILES string of the molecule is COC(=O)c1cccc(-n2cccc2[C@@H]2[C@@H](c3ccccn3)NC(=S)N2CC(C)C)c1. The molecule has 1 aliphatic heterocycles. The van der Waals surface area contributed by atoms with Crippen LogP contribution in [0.25, 0.3) is 5.69 Å². The molecule has 0 bridgehead atoms. The largest absolute Gasteiger partial charge is 0.465 e. The van der Waals surface area contributed by atoms with Crippen LogP contribution in [0.15, 0.2) is 67.0 Å². The molecule has 0 spiro atoms. The Labute approximate surface area is 187 Å². The lowest BCUT2D eigenvalue weighted by Crippen LogP contribution is -2.33. The van der Waals surface area contributed by atoms with Crippen molar-refractivity contribution >= 4 is 23.3 Å². The van der Waals surface area contributed by atoms with Gasteiger partial charge in [0.05, 0.1) is 30.5 Å². The molecule has 160 valence electrons. The van der Waals surface area contributed by atoms with Crippen LogP contribution < -0.4 is 5.32 Å². The topological polar surface area (TPSA) is 59.4 Å². The highest BCUT2D eigenvalue weighted by molar-refractivity contribution is 7.80. The minimum absolute atomic E-state index is 0.0402. The Kier molecular flexibility index (Phi) is 6.04. The molecular weight excluding hydrogens is 408 g/mol. The summed E-state index contributed by atoms with van der Waals surface area (Å²) in [6.07, 6.45) is 3.82. The molecule has 0 aliphatic carbocycles. The molecule has 1 N–H and O–H groups in total.